The number of aromatic nitrogens is 1. The molecule has 0 aliphatic heterocycles. The minimum absolute atomic E-state index is 0.655. The van der Waals surface area contributed by atoms with Crippen LogP contribution in [0.3, 0.4) is 0 Å². The van der Waals surface area contributed by atoms with Gasteiger partial charge in [-0.1, -0.05) is 97.1 Å². The second kappa shape index (κ2) is 10.1. The van der Waals surface area contributed by atoms with Gasteiger partial charge in [-0.3, -0.25) is 0 Å². The van der Waals surface area contributed by atoms with E-state index in [0.717, 1.165) is 33.7 Å². The highest BCUT2D eigenvalue weighted by molar-refractivity contribution is 6.11. The highest BCUT2D eigenvalue weighted by Gasteiger charge is 2.10. The van der Waals surface area contributed by atoms with Crippen molar-refractivity contribution in [1.29, 1.82) is 0 Å². The van der Waals surface area contributed by atoms with E-state index in [9.17, 15) is 0 Å². The molecule has 0 saturated heterocycles. The number of benzene rings is 5. The lowest BCUT2D eigenvalue weighted by atomic mass is 9.97. The van der Waals surface area contributed by atoms with Crippen LogP contribution in [0.5, 0.6) is 5.75 Å². The second-order valence-electron chi connectivity index (χ2n) is 9.06. The fourth-order valence-electron chi connectivity index (χ4n) is 4.81. The van der Waals surface area contributed by atoms with Gasteiger partial charge in [0.2, 0.25) is 0 Å². The molecule has 37 heavy (non-hydrogen) atoms. The number of pyridine rings is 1. The van der Waals surface area contributed by atoms with E-state index in [1.165, 1.54) is 27.3 Å². The molecule has 6 rings (SSSR count). The van der Waals surface area contributed by atoms with Gasteiger partial charge < -0.3 is 4.74 Å². The third kappa shape index (κ3) is 4.74. The first-order valence-corrected chi connectivity index (χ1v) is 12.7. The monoisotopic (exact) mass is 477 g/mol. The zero-order valence-corrected chi connectivity index (χ0v) is 20.8. The van der Waals surface area contributed by atoms with Crippen LogP contribution in [-0.2, 0) is 0 Å². The minimum atomic E-state index is 0.655. The van der Waals surface area contributed by atoms with Crippen LogP contribution < -0.4 is 4.74 Å². The van der Waals surface area contributed by atoms with Crippen LogP contribution in [0.1, 0.15) is 18.1 Å². The maximum absolute atomic E-state index is 5.63. The van der Waals surface area contributed by atoms with E-state index in [4.69, 9.17) is 9.72 Å². The molecule has 0 aliphatic rings. The van der Waals surface area contributed by atoms with Gasteiger partial charge in [-0.05, 0) is 76.3 Å². The molecule has 0 unspecified atom stereocenters. The molecule has 5 aromatic carbocycles. The average Bonchev–Trinajstić information content (AvgIpc) is 2.97. The van der Waals surface area contributed by atoms with Gasteiger partial charge >= 0.3 is 0 Å². The summed E-state index contributed by atoms with van der Waals surface area (Å²) in [4.78, 5) is 5.06. The van der Waals surface area contributed by atoms with Crippen LogP contribution in [0.15, 0.2) is 121 Å². The fourth-order valence-corrected chi connectivity index (χ4v) is 4.81. The summed E-state index contributed by atoms with van der Waals surface area (Å²) < 4.78 is 5.63. The Kier molecular flexibility index (Phi) is 6.22. The molecule has 0 spiro atoms. The Morgan fingerprint density at radius 1 is 0.649 bits per heavy atom. The normalized spacial score (nSPS) is 11.4. The predicted molar refractivity (Wildman–Crippen MR) is 157 cm³/mol. The molecule has 0 radical (unpaired) electrons. The van der Waals surface area contributed by atoms with Gasteiger partial charge in [0.25, 0.3) is 0 Å². The molecule has 0 amide bonds. The summed E-state index contributed by atoms with van der Waals surface area (Å²) in [7, 11) is 0. The summed E-state index contributed by atoms with van der Waals surface area (Å²) in [5.74, 6) is 0.872. The molecule has 2 nitrogen and oxygen atoms in total. The van der Waals surface area contributed by atoms with E-state index in [1.54, 1.807) is 0 Å². The largest absolute Gasteiger partial charge is 0.494 e. The summed E-state index contributed by atoms with van der Waals surface area (Å²) in [6.45, 7) is 2.65. The van der Waals surface area contributed by atoms with Crippen molar-refractivity contribution in [2.45, 2.75) is 6.92 Å². The van der Waals surface area contributed by atoms with E-state index in [2.05, 4.69) is 115 Å². The van der Waals surface area contributed by atoms with Crippen molar-refractivity contribution in [3.05, 3.63) is 132 Å². The quantitative estimate of drug-likeness (QED) is 0.223. The van der Waals surface area contributed by atoms with Crippen molar-refractivity contribution < 1.29 is 4.74 Å². The second-order valence-corrected chi connectivity index (χ2v) is 9.06. The summed E-state index contributed by atoms with van der Waals surface area (Å²) in [5.41, 5.74) is 7.76. The molecule has 0 aliphatic carbocycles. The van der Waals surface area contributed by atoms with Crippen LogP contribution in [0.4, 0.5) is 0 Å². The first-order valence-electron chi connectivity index (χ1n) is 12.7. The Balaban J connectivity index is 1.44. The smallest absolute Gasteiger partial charge is 0.119 e. The number of hydrogen-bond acceptors (Lipinski definition) is 2. The topological polar surface area (TPSA) is 22.1 Å². The van der Waals surface area contributed by atoms with Gasteiger partial charge in [-0.15, -0.1) is 0 Å². The Hall–Kier alpha value is -4.69. The summed E-state index contributed by atoms with van der Waals surface area (Å²) in [6.07, 6.45) is 4.40. The van der Waals surface area contributed by atoms with Gasteiger partial charge in [0.1, 0.15) is 5.75 Å². The molecule has 6 aromatic rings. The SMILES string of the molecule is CCOc1ccc(-c2cc(/C=C\c3ccc(-c4ccccc4)cc3)c3c(ccc4ccccc43)n2)cc1. The number of ether oxygens (including phenoxy) is 1. The molecular weight excluding hydrogens is 450 g/mol. The van der Waals surface area contributed by atoms with Gasteiger partial charge in [0.15, 0.2) is 0 Å². The lowest BCUT2D eigenvalue weighted by molar-refractivity contribution is 0.340. The lowest BCUT2D eigenvalue weighted by Crippen LogP contribution is -1.92. The number of fused-ring (bicyclic) bond motifs is 3. The molecule has 178 valence electrons. The van der Waals surface area contributed by atoms with Crippen LogP contribution in [0, 0.1) is 0 Å². The third-order valence-corrected chi connectivity index (χ3v) is 6.66. The van der Waals surface area contributed by atoms with Crippen molar-refractivity contribution >= 4 is 33.8 Å². The predicted octanol–water partition coefficient (Wildman–Crippen LogP) is 9.29. The Bertz CT molecular complexity index is 1700. The average molecular weight is 478 g/mol. The summed E-state index contributed by atoms with van der Waals surface area (Å²) in [6, 6.07) is 42.4. The summed E-state index contributed by atoms with van der Waals surface area (Å²) >= 11 is 0. The molecule has 0 saturated carbocycles. The van der Waals surface area contributed by atoms with Crippen molar-refractivity contribution in [3.8, 4) is 28.1 Å². The van der Waals surface area contributed by atoms with Crippen LogP contribution in [0.25, 0.3) is 56.2 Å². The van der Waals surface area contributed by atoms with Crippen LogP contribution in [0.2, 0.25) is 0 Å². The highest BCUT2D eigenvalue weighted by Crippen LogP contribution is 2.32. The van der Waals surface area contributed by atoms with Crippen molar-refractivity contribution in [3.63, 3.8) is 0 Å². The van der Waals surface area contributed by atoms with Crippen molar-refractivity contribution in [1.82, 2.24) is 4.98 Å². The van der Waals surface area contributed by atoms with Crippen LogP contribution >= 0.6 is 0 Å². The van der Waals surface area contributed by atoms with Gasteiger partial charge in [-0.2, -0.15) is 0 Å². The maximum atomic E-state index is 5.63. The van der Waals surface area contributed by atoms with Crippen molar-refractivity contribution in [2.75, 3.05) is 6.61 Å². The molecule has 0 N–H and O–H groups in total. The van der Waals surface area contributed by atoms with Crippen molar-refractivity contribution in [2.24, 2.45) is 0 Å². The number of rotatable bonds is 6. The zero-order valence-electron chi connectivity index (χ0n) is 20.8. The molecule has 0 atom stereocenters. The van der Waals surface area contributed by atoms with E-state index >= 15 is 0 Å². The highest BCUT2D eigenvalue weighted by atomic mass is 16.5. The first kappa shape index (κ1) is 22.8. The van der Waals surface area contributed by atoms with E-state index in [0.29, 0.717) is 6.61 Å². The van der Waals surface area contributed by atoms with Gasteiger partial charge in [0.05, 0.1) is 17.8 Å². The number of nitrogens with zero attached hydrogens (tertiary/aromatic N) is 1. The fraction of sp³-hybridized carbons (Fsp3) is 0.0571. The Morgan fingerprint density at radius 2 is 1.35 bits per heavy atom. The molecule has 0 bridgehead atoms. The molecule has 0 fully saturated rings. The van der Waals surface area contributed by atoms with Crippen LogP contribution in [-0.4, -0.2) is 11.6 Å². The zero-order chi connectivity index (χ0) is 25.0. The Labute approximate surface area is 217 Å². The van der Waals surface area contributed by atoms with E-state index in [1.807, 2.05) is 25.1 Å². The standard InChI is InChI=1S/C35H27NO/c1-2-37-31-21-18-29(19-22-31)34-24-30(35-32-11-7-6-10-28(32)20-23-33(35)36-34)17-14-25-12-15-27(16-13-25)26-8-4-3-5-9-26/h3-24H,2H2,1H3/b17-14-. The van der Waals surface area contributed by atoms with E-state index < -0.39 is 0 Å². The minimum Gasteiger partial charge on any atom is -0.494 e. The first-order chi connectivity index (χ1) is 18.3. The summed E-state index contributed by atoms with van der Waals surface area (Å²) in [5, 5.41) is 3.60. The Morgan fingerprint density at radius 3 is 2.14 bits per heavy atom. The van der Waals surface area contributed by atoms with Gasteiger partial charge in [0, 0.05) is 10.9 Å². The maximum Gasteiger partial charge on any atom is 0.119 e. The lowest BCUT2D eigenvalue weighted by Gasteiger charge is -2.11. The van der Waals surface area contributed by atoms with E-state index in [-0.39, 0.29) is 0 Å². The number of hydrogen-bond donors (Lipinski definition) is 0. The van der Waals surface area contributed by atoms with Gasteiger partial charge in [-0.25, -0.2) is 4.98 Å². The molecule has 1 heterocycles. The molecule has 2 heteroatoms. The third-order valence-electron chi connectivity index (χ3n) is 6.66. The molecule has 1 aromatic heterocycles. The molecular formula is C35H27NO.